The Hall–Kier alpha value is -5.54. The van der Waals surface area contributed by atoms with Gasteiger partial charge in [0.1, 0.15) is 0 Å². The van der Waals surface area contributed by atoms with E-state index in [1.54, 1.807) is 0 Å². The van der Waals surface area contributed by atoms with Gasteiger partial charge in [0.25, 0.3) is 0 Å². The standard InChI is InChI=1S/C53H55NO2/c1-7-45(33-43-24-25-44(38(6)37(43)5)34-49-52(55)48(51(35(2)3)53(49)56)32-39-17-11-8-12-18-39)54(46-28-26-41(27-29-46)40-19-13-9-14-20-40)50-31-36(4)23-30-47(50)42-21-15-10-16-22-42/h7-17,19-26,28-30,32-36,38,41,44,48,51H,1,18,27,31H2,2-6H3/b39-32-,45-33+,49-34+. The summed E-state index contributed by atoms with van der Waals surface area (Å²) >= 11 is 0. The molecular weight excluding hydrogens is 683 g/mol. The van der Waals surface area contributed by atoms with E-state index in [-0.39, 0.29) is 35.2 Å². The molecule has 0 N–H and O–H groups in total. The number of rotatable bonds is 10. The third kappa shape index (κ3) is 8.05. The minimum atomic E-state index is -0.419. The number of benzene rings is 2. The quantitative estimate of drug-likeness (QED) is 0.138. The van der Waals surface area contributed by atoms with Crippen LogP contribution < -0.4 is 0 Å². The molecule has 0 bridgehead atoms. The first-order valence-corrected chi connectivity index (χ1v) is 20.4. The Kier molecular flexibility index (Phi) is 11.8. The van der Waals surface area contributed by atoms with E-state index in [0.717, 1.165) is 41.8 Å². The molecule has 3 heteroatoms. The summed E-state index contributed by atoms with van der Waals surface area (Å²) < 4.78 is 0. The van der Waals surface area contributed by atoms with E-state index in [1.807, 2.05) is 30.4 Å². The van der Waals surface area contributed by atoms with Crippen LogP contribution in [-0.4, -0.2) is 16.5 Å². The molecule has 0 radical (unpaired) electrons. The fourth-order valence-corrected chi connectivity index (χ4v) is 8.86. The fourth-order valence-electron chi connectivity index (χ4n) is 8.86. The van der Waals surface area contributed by atoms with Crippen molar-refractivity contribution in [2.75, 3.05) is 0 Å². The van der Waals surface area contributed by atoms with Gasteiger partial charge in [0, 0.05) is 40.4 Å². The van der Waals surface area contributed by atoms with Crippen LogP contribution in [0.3, 0.4) is 0 Å². The second kappa shape index (κ2) is 17.1. The highest BCUT2D eigenvalue weighted by atomic mass is 16.2. The van der Waals surface area contributed by atoms with Crippen molar-refractivity contribution in [2.45, 2.75) is 59.8 Å². The van der Waals surface area contributed by atoms with E-state index in [9.17, 15) is 9.59 Å². The van der Waals surface area contributed by atoms with Crippen molar-refractivity contribution in [1.29, 1.82) is 0 Å². The second-order valence-electron chi connectivity index (χ2n) is 16.3. The molecule has 5 aliphatic carbocycles. The van der Waals surface area contributed by atoms with Gasteiger partial charge in [0.05, 0.1) is 11.5 Å². The lowest BCUT2D eigenvalue weighted by Gasteiger charge is -2.36. The zero-order valence-corrected chi connectivity index (χ0v) is 33.6. The van der Waals surface area contributed by atoms with Crippen molar-refractivity contribution in [3.05, 3.63) is 209 Å². The van der Waals surface area contributed by atoms with E-state index in [0.29, 0.717) is 17.4 Å². The summed E-state index contributed by atoms with van der Waals surface area (Å²) in [5.74, 6) is -0.00252. The first-order valence-electron chi connectivity index (χ1n) is 20.4. The van der Waals surface area contributed by atoms with Crippen LogP contribution in [0.2, 0.25) is 0 Å². The van der Waals surface area contributed by atoms with Crippen LogP contribution in [0.15, 0.2) is 198 Å². The minimum Gasteiger partial charge on any atom is -0.314 e. The lowest BCUT2D eigenvalue weighted by molar-refractivity contribution is -0.119. The van der Waals surface area contributed by atoms with Crippen molar-refractivity contribution >= 4 is 17.1 Å². The summed E-state index contributed by atoms with van der Waals surface area (Å²) in [4.78, 5) is 30.3. The Morgan fingerprint density at radius 2 is 1.61 bits per heavy atom. The topological polar surface area (TPSA) is 37.4 Å². The average molecular weight is 738 g/mol. The molecule has 2 aromatic carbocycles. The summed E-state index contributed by atoms with van der Waals surface area (Å²) in [6.07, 6.45) is 35.0. The second-order valence-corrected chi connectivity index (χ2v) is 16.3. The van der Waals surface area contributed by atoms with Crippen LogP contribution in [0.1, 0.15) is 70.9 Å². The van der Waals surface area contributed by atoms with Crippen molar-refractivity contribution in [2.24, 2.45) is 35.5 Å². The summed E-state index contributed by atoms with van der Waals surface area (Å²) in [5.41, 5.74) is 11.0. The highest BCUT2D eigenvalue weighted by Gasteiger charge is 2.46. The molecule has 0 amide bonds. The van der Waals surface area contributed by atoms with Crippen LogP contribution in [0.25, 0.3) is 5.57 Å². The normalized spacial score (nSPS) is 28.0. The van der Waals surface area contributed by atoms with Crippen LogP contribution >= 0.6 is 0 Å². The number of carbonyl (C=O) groups excluding carboxylic acids is 2. The third-order valence-corrected chi connectivity index (χ3v) is 12.2. The smallest absolute Gasteiger partial charge is 0.173 e. The Morgan fingerprint density at radius 3 is 2.27 bits per heavy atom. The Labute approximate surface area is 334 Å². The van der Waals surface area contributed by atoms with Gasteiger partial charge in [-0.05, 0) is 84.4 Å². The molecule has 3 nitrogen and oxygen atoms in total. The molecule has 7 rings (SSSR count). The molecule has 0 heterocycles. The van der Waals surface area contributed by atoms with Gasteiger partial charge in [-0.25, -0.2) is 0 Å². The number of hydrogen-bond donors (Lipinski definition) is 0. The van der Waals surface area contributed by atoms with Crippen LogP contribution in [0.5, 0.6) is 0 Å². The maximum atomic E-state index is 14.0. The predicted molar refractivity (Wildman–Crippen MR) is 233 cm³/mol. The lowest BCUT2D eigenvalue weighted by atomic mass is 9.79. The van der Waals surface area contributed by atoms with Crippen LogP contribution in [-0.2, 0) is 9.59 Å². The number of Topliss-reactive ketones (excluding diaryl/α,β-unsaturated/α-hetero) is 2. The van der Waals surface area contributed by atoms with Crippen LogP contribution in [0.4, 0.5) is 0 Å². The molecule has 1 saturated carbocycles. The maximum absolute atomic E-state index is 14.0. The van der Waals surface area contributed by atoms with Gasteiger partial charge in [-0.2, -0.15) is 0 Å². The van der Waals surface area contributed by atoms with E-state index < -0.39 is 5.92 Å². The molecule has 6 atom stereocenters. The molecule has 0 saturated heterocycles. The van der Waals surface area contributed by atoms with Gasteiger partial charge in [-0.15, -0.1) is 0 Å². The Balaban J connectivity index is 1.24. The maximum Gasteiger partial charge on any atom is 0.173 e. The lowest BCUT2D eigenvalue weighted by Crippen LogP contribution is -2.25. The average Bonchev–Trinajstić information content (AvgIpc) is 3.45. The number of ketones is 2. The molecule has 0 aliphatic heterocycles. The van der Waals surface area contributed by atoms with Crippen molar-refractivity contribution in [3.63, 3.8) is 0 Å². The number of carbonyl (C=O) groups is 2. The van der Waals surface area contributed by atoms with Gasteiger partial charge < -0.3 is 4.90 Å². The molecule has 1 fully saturated rings. The summed E-state index contributed by atoms with van der Waals surface area (Å²) in [7, 11) is 0. The van der Waals surface area contributed by atoms with Crippen molar-refractivity contribution in [3.8, 4) is 0 Å². The molecule has 6 unspecified atom stereocenters. The van der Waals surface area contributed by atoms with Gasteiger partial charge in [0.2, 0.25) is 0 Å². The fraction of sp³-hybridized carbons (Fsp3) is 0.283. The number of hydrogen-bond acceptors (Lipinski definition) is 3. The first-order chi connectivity index (χ1) is 27.1. The highest BCUT2D eigenvalue weighted by Crippen LogP contribution is 2.42. The highest BCUT2D eigenvalue weighted by molar-refractivity contribution is 6.28. The minimum absolute atomic E-state index is 0.0127. The monoisotopic (exact) mass is 737 g/mol. The Bertz CT molecular complexity index is 2210. The summed E-state index contributed by atoms with van der Waals surface area (Å²) in [6, 6.07) is 21.4. The zero-order valence-electron chi connectivity index (χ0n) is 33.6. The molecular formula is C53H55NO2. The van der Waals surface area contributed by atoms with Gasteiger partial charge in [0.15, 0.2) is 11.6 Å². The largest absolute Gasteiger partial charge is 0.314 e. The van der Waals surface area contributed by atoms with Crippen LogP contribution in [0, 0.1) is 35.5 Å². The predicted octanol–water partition coefficient (Wildman–Crippen LogP) is 12.5. The number of allylic oxidation sites excluding steroid dienone is 21. The SMILES string of the molecule is C=C/C(=C\C1=C(C)C(C)C(/C=C2\C(=O)C(/C=C3/C=CC=CC3)C(C(C)C)C2=O)C=C1)N(C1=CCC(c2ccccc2)C=C1)C1=C(c2ccccc2)C=CC(C)C1. The molecule has 284 valence electrons. The van der Waals surface area contributed by atoms with E-state index >= 15 is 0 Å². The number of nitrogens with zero attached hydrogens (tertiary/aromatic N) is 1. The molecule has 56 heavy (non-hydrogen) atoms. The summed E-state index contributed by atoms with van der Waals surface area (Å²) in [5, 5.41) is 0. The van der Waals surface area contributed by atoms with Gasteiger partial charge >= 0.3 is 0 Å². The first kappa shape index (κ1) is 38.7. The summed E-state index contributed by atoms with van der Waals surface area (Å²) in [6.45, 7) is 15.2. The molecule has 2 aromatic rings. The molecule has 0 spiro atoms. The zero-order chi connectivity index (χ0) is 39.3. The van der Waals surface area contributed by atoms with Crippen molar-refractivity contribution < 1.29 is 9.59 Å². The van der Waals surface area contributed by atoms with Gasteiger partial charge in [-0.3, -0.25) is 9.59 Å². The van der Waals surface area contributed by atoms with Crippen molar-refractivity contribution in [1.82, 2.24) is 4.90 Å². The van der Waals surface area contributed by atoms with E-state index in [4.69, 9.17) is 0 Å². The third-order valence-electron chi connectivity index (χ3n) is 12.2. The van der Waals surface area contributed by atoms with Gasteiger partial charge in [-0.1, -0.05) is 173 Å². The molecule has 5 aliphatic rings. The van der Waals surface area contributed by atoms with E-state index in [1.165, 1.54) is 28.0 Å². The van der Waals surface area contributed by atoms with E-state index in [2.05, 4.69) is 168 Å². The molecule has 0 aromatic heterocycles. The Morgan fingerprint density at radius 1 is 0.857 bits per heavy atom.